The lowest BCUT2D eigenvalue weighted by Crippen LogP contribution is -2.41. The molecule has 1 aliphatic rings. The molecule has 2 N–H and O–H groups in total. The summed E-state index contributed by atoms with van der Waals surface area (Å²) in [5, 5.41) is 6.23. The first-order chi connectivity index (χ1) is 13.5. The average molecular weight is 415 g/mol. The lowest BCUT2D eigenvalue weighted by molar-refractivity contribution is -0.123. The number of nitrogens with one attached hydrogen (secondary N) is 2. The van der Waals surface area contributed by atoms with E-state index in [2.05, 4.69) is 10.6 Å². The molecule has 1 fully saturated rings. The maximum atomic E-state index is 12.3. The molecule has 0 radical (unpaired) electrons. The summed E-state index contributed by atoms with van der Waals surface area (Å²) in [5.41, 5.74) is 0.903. The molecule has 0 saturated carbocycles. The Bertz CT molecular complexity index is 911. The summed E-state index contributed by atoms with van der Waals surface area (Å²) in [6.07, 6.45) is 1.51. The third-order valence-corrected chi connectivity index (χ3v) is 5.53. The number of benzene rings is 1. The van der Waals surface area contributed by atoms with Crippen molar-refractivity contribution in [2.75, 3.05) is 6.54 Å². The zero-order valence-electron chi connectivity index (χ0n) is 14.7. The standard InChI is InChI=1S/C19H17N3O4S2/c23-16(21-18(25)20-12-13-5-2-1-3-6-13)8-9-22-17(24)15(28-19(22)26)11-14-7-4-10-27-14/h1-7,10-11H,8-9,12H2,(H2,20,21,23,25)/b15-11-. The number of hydrogen-bond donors (Lipinski definition) is 2. The summed E-state index contributed by atoms with van der Waals surface area (Å²) >= 11 is 2.31. The van der Waals surface area contributed by atoms with Crippen LogP contribution >= 0.6 is 23.1 Å². The molecule has 28 heavy (non-hydrogen) atoms. The Hall–Kier alpha value is -2.91. The first-order valence-corrected chi connectivity index (χ1v) is 10.1. The van der Waals surface area contributed by atoms with Gasteiger partial charge in [0.1, 0.15) is 0 Å². The summed E-state index contributed by atoms with van der Waals surface area (Å²) in [6, 6.07) is 12.4. The molecule has 1 aromatic heterocycles. The number of carbonyl (C=O) groups is 4. The average Bonchev–Trinajstić information content (AvgIpc) is 3.28. The zero-order chi connectivity index (χ0) is 19.9. The highest BCUT2D eigenvalue weighted by Gasteiger charge is 2.35. The van der Waals surface area contributed by atoms with Crippen molar-refractivity contribution in [2.45, 2.75) is 13.0 Å². The van der Waals surface area contributed by atoms with Crippen molar-refractivity contribution in [1.82, 2.24) is 15.5 Å². The monoisotopic (exact) mass is 415 g/mol. The van der Waals surface area contributed by atoms with Crippen LogP contribution in [0.15, 0.2) is 52.7 Å². The molecule has 1 aliphatic heterocycles. The molecule has 5 amide bonds. The van der Waals surface area contributed by atoms with Gasteiger partial charge in [-0.05, 0) is 34.8 Å². The fourth-order valence-corrected chi connectivity index (χ4v) is 4.01. The van der Waals surface area contributed by atoms with Crippen LogP contribution in [0.25, 0.3) is 6.08 Å². The van der Waals surface area contributed by atoms with Crippen molar-refractivity contribution in [1.29, 1.82) is 0 Å². The van der Waals surface area contributed by atoms with Gasteiger partial charge in [0, 0.05) is 24.4 Å². The van der Waals surface area contributed by atoms with E-state index in [0.29, 0.717) is 4.91 Å². The molecule has 2 heterocycles. The van der Waals surface area contributed by atoms with Crippen molar-refractivity contribution in [3.05, 3.63) is 63.2 Å². The Labute approximate surface area is 169 Å². The van der Waals surface area contributed by atoms with E-state index in [1.165, 1.54) is 11.3 Å². The number of nitrogens with zero attached hydrogens (tertiary/aromatic N) is 1. The van der Waals surface area contributed by atoms with Gasteiger partial charge in [-0.3, -0.25) is 24.6 Å². The van der Waals surface area contributed by atoms with E-state index in [9.17, 15) is 19.2 Å². The lowest BCUT2D eigenvalue weighted by Gasteiger charge is -2.12. The van der Waals surface area contributed by atoms with Crippen LogP contribution in [-0.4, -0.2) is 34.5 Å². The van der Waals surface area contributed by atoms with Crippen LogP contribution in [0, 0.1) is 0 Å². The largest absolute Gasteiger partial charge is 0.334 e. The molecular weight excluding hydrogens is 398 g/mol. The smallest absolute Gasteiger partial charge is 0.321 e. The minimum Gasteiger partial charge on any atom is -0.334 e. The summed E-state index contributed by atoms with van der Waals surface area (Å²) in [4.78, 5) is 50.3. The van der Waals surface area contributed by atoms with Gasteiger partial charge in [0.2, 0.25) is 5.91 Å². The second-order valence-electron chi connectivity index (χ2n) is 5.82. The van der Waals surface area contributed by atoms with Crippen molar-refractivity contribution in [3.63, 3.8) is 0 Å². The van der Waals surface area contributed by atoms with E-state index in [1.54, 1.807) is 6.08 Å². The lowest BCUT2D eigenvalue weighted by atomic mass is 10.2. The topological polar surface area (TPSA) is 95.6 Å². The second kappa shape index (κ2) is 9.34. The van der Waals surface area contributed by atoms with Gasteiger partial charge in [0.05, 0.1) is 4.91 Å². The summed E-state index contributed by atoms with van der Waals surface area (Å²) in [5.74, 6) is -0.989. The molecule has 0 spiro atoms. The Morgan fingerprint density at radius 2 is 1.86 bits per heavy atom. The molecule has 0 unspecified atom stereocenters. The van der Waals surface area contributed by atoms with Gasteiger partial charge in [0.15, 0.2) is 0 Å². The van der Waals surface area contributed by atoms with Crippen LogP contribution in [0.1, 0.15) is 16.9 Å². The number of amides is 5. The Kier molecular flexibility index (Phi) is 6.62. The molecule has 9 heteroatoms. The molecule has 7 nitrogen and oxygen atoms in total. The number of hydrogen-bond acceptors (Lipinski definition) is 6. The van der Waals surface area contributed by atoms with E-state index in [0.717, 1.165) is 27.1 Å². The third kappa shape index (κ3) is 5.30. The predicted octanol–water partition coefficient (Wildman–Crippen LogP) is 3.20. The quantitative estimate of drug-likeness (QED) is 0.707. The molecule has 0 aliphatic carbocycles. The highest BCUT2D eigenvalue weighted by molar-refractivity contribution is 8.18. The maximum Gasteiger partial charge on any atom is 0.321 e. The van der Waals surface area contributed by atoms with Crippen LogP contribution in [0.4, 0.5) is 9.59 Å². The van der Waals surface area contributed by atoms with Gasteiger partial charge in [0.25, 0.3) is 11.1 Å². The fourth-order valence-electron chi connectivity index (χ4n) is 2.42. The maximum absolute atomic E-state index is 12.3. The number of thiophene rings is 1. The third-order valence-electron chi connectivity index (χ3n) is 3.80. The molecule has 2 aromatic rings. The molecule has 1 saturated heterocycles. The fraction of sp³-hybridized carbons (Fsp3) is 0.158. The Morgan fingerprint density at radius 3 is 2.57 bits per heavy atom. The van der Waals surface area contributed by atoms with Crippen molar-refractivity contribution in [2.24, 2.45) is 0 Å². The number of imide groups is 2. The molecular formula is C19H17N3O4S2. The number of urea groups is 1. The van der Waals surface area contributed by atoms with Crippen LogP contribution in [0.2, 0.25) is 0 Å². The van der Waals surface area contributed by atoms with E-state index >= 15 is 0 Å². The van der Waals surface area contributed by atoms with Crippen LogP contribution < -0.4 is 10.6 Å². The van der Waals surface area contributed by atoms with Crippen LogP contribution in [0.5, 0.6) is 0 Å². The molecule has 0 bridgehead atoms. The van der Waals surface area contributed by atoms with Gasteiger partial charge < -0.3 is 5.32 Å². The number of carbonyl (C=O) groups excluding carboxylic acids is 4. The molecule has 3 rings (SSSR count). The number of rotatable bonds is 6. The van der Waals surface area contributed by atoms with Crippen molar-refractivity contribution < 1.29 is 19.2 Å². The molecule has 144 valence electrons. The minimum atomic E-state index is -0.624. The highest BCUT2D eigenvalue weighted by atomic mass is 32.2. The van der Waals surface area contributed by atoms with Crippen LogP contribution in [-0.2, 0) is 16.1 Å². The zero-order valence-corrected chi connectivity index (χ0v) is 16.3. The van der Waals surface area contributed by atoms with E-state index in [4.69, 9.17) is 0 Å². The Morgan fingerprint density at radius 1 is 1.07 bits per heavy atom. The van der Waals surface area contributed by atoms with Gasteiger partial charge in [-0.2, -0.15) is 0 Å². The van der Waals surface area contributed by atoms with E-state index < -0.39 is 23.1 Å². The van der Waals surface area contributed by atoms with E-state index in [-0.39, 0.29) is 19.5 Å². The van der Waals surface area contributed by atoms with Gasteiger partial charge >= 0.3 is 6.03 Å². The summed E-state index contributed by atoms with van der Waals surface area (Å²) in [7, 11) is 0. The number of thioether (sulfide) groups is 1. The van der Waals surface area contributed by atoms with Crippen molar-refractivity contribution >= 4 is 52.3 Å². The molecule has 1 aromatic carbocycles. The SMILES string of the molecule is O=C(CCN1C(=O)S/C(=C\c2cccs2)C1=O)NC(=O)NCc1ccccc1. The van der Waals surface area contributed by atoms with Gasteiger partial charge in [-0.15, -0.1) is 11.3 Å². The second-order valence-corrected chi connectivity index (χ2v) is 7.79. The van der Waals surface area contributed by atoms with E-state index in [1.807, 2.05) is 47.8 Å². The highest BCUT2D eigenvalue weighted by Crippen LogP contribution is 2.32. The predicted molar refractivity (Wildman–Crippen MR) is 108 cm³/mol. The normalized spacial score (nSPS) is 15.1. The summed E-state index contributed by atoms with van der Waals surface area (Å²) < 4.78 is 0. The van der Waals surface area contributed by atoms with Gasteiger partial charge in [-0.25, -0.2) is 4.79 Å². The molecule has 0 atom stereocenters. The Balaban J connectivity index is 1.45. The first kappa shape index (κ1) is 19.8. The minimum absolute atomic E-state index is 0.0791. The summed E-state index contributed by atoms with van der Waals surface area (Å²) in [6.45, 7) is 0.209. The van der Waals surface area contributed by atoms with Gasteiger partial charge in [-0.1, -0.05) is 36.4 Å². The first-order valence-electron chi connectivity index (χ1n) is 8.43. The van der Waals surface area contributed by atoms with Crippen molar-refractivity contribution in [3.8, 4) is 0 Å². The van der Waals surface area contributed by atoms with Crippen LogP contribution in [0.3, 0.4) is 0 Å².